The number of phenolic OH excluding ortho intramolecular Hbond substituents is 1. The van der Waals surface area contributed by atoms with Gasteiger partial charge in [0.05, 0.1) is 0 Å². The van der Waals surface area contributed by atoms with Gasteiger partial charge in [-0.1, -0.05) is 24.3 Å². The number of hydrogen-bond donors (Lipinski definition) is 2. The standard InChI is InChI=1S/C17H17N3O/c18-15-6-4-13(5-7-15)11-17-19-8-9-20(17)12-14-2-1-3-16(21)10-14/h1-10,21H,11-12,18H2. The van der Waals surface area contributed by atoms with E-state index in [9.17, 15) is 5.11 Å². The molecule has 0 unspecified atom stereocenters. The van der Waals surface area contributed by atoms with Gasteiger partial charge < -0.3 is 15.4 Å². The van der Waals surface area contributed by atoms with Crippen molar-refractivity contribution in [1.29, 1.82) is 0 Å². The van der Waals surface area contributed by atoms with E-state index in [4.69, 9.17) is 5.73 Å². The second kappa shape index (κ2) is 5.71. The van der Waals surface area contributed by atoms with E-state index in [2.05, 4.69) is 9.55 Å². The highest BCUT2D eigenvalue weighted by Gasteiger charge is 2.05. The van der Waals surface area contributed by atoms with Crippen LogP contribution >= 0.6 is 0 Å². The molecule has 0 radical (unpaired) electrons. The lowest BCUT2D eigenvalue weighted by atomic mass is 10.1. The molecule has 4 nitrogen and oxygen atoms in total. The van der Waals surface area contributed by atoms with Crippen molar-refractivity contribution in [1.82, 2.24) is 9.55 Å². The van der Waals surface area contributed by atoms with Crippen LogP contribution in [0.1, 0.15) is 17.0 Å². The van der Waals surface area contributed by atoms with Gasteiger partial charge in [0.25, 0.3) is 0 Å². The predicted octanol–water partition coefficient (Wildman–Crippen LogP) is 2.81. The van der Waals surface area contributed by atoms with Crippen LogP contribution in [0.15, 0.2) is 60.9 Å². The summed E-state index contributed by atoms with van der Waals surface area (Å²) in [7, 11) is 0. The molecule has 3 aromatic rings. The number of aromatic hydroxyl groups is 1. The van der Waals surface area contributed by atoms with Gasteiger partial charge in [-0.05, 0) is 35.4 Å². The van der Waals surface area contributed by atoms with Crippen LogP contribution in [-0.2, 0) is 13.0 Å². The Bertz CT molecular complexity index is 732. The van der Waals surface area contributed by atoms with Crippen LogP contribution in [0.4, 0.5) is 5.69 Å². The number of benzene rings is 2. The third-order valence-electron chi connectivity index (χ3n) is 3.41. The Morgan fingerprint density at radius 2 is 1.86 bits per heavy atom. The van der Waals surface area contributed by atoms with Crippen molar-refractivity contribution in [2.75, 3.05) is 5.73 Å². The van der Waals surface area contributed by atoms with Crippen molar-refractivity contribution in [2.24, 2.45) is 0 Å². The number of nitrogens with two attached hydrogens (primary N) is 1. The van der Waals surface area contributed by atoms with E-state index in [0.717, 1.165) is 23.5 Å². The number of nitrogens with zero attached hydrogens (tertiary/aromatic N) is 2. The maximum atomic E-state index is 9.54. The van der Waals surface area contributed by atoms with Gasteiger partial charge in [0.1, 0.15) is 11.6 Å². The van der Waals surface area contributed by atoms with Gasteiger partial charge in [0, 0.05) is 31.0 Å². The van der Waals surface area contributed by atoms with E-state index in [1.54, 1.807) is 18.3 Å². The lowest BCUT2D eigenvalue weighted by molar-refractivity contribution is 0.474. The molecule has 0 saturated heterocycles. The first-order valence-corrected chi connectivity index (χ1v) is 6.83. The highest BCUT2D eigenvalue weighted by Crippen LogP contribution is 2.15. The average Bonchev–Trinajstić information content (AvgIpc) is 2.89. The van der Waals surface area contributed by atoms with Crippen LogP contribution in [0.2, 0.25) is 0 Å². The molecule has 0 amide bonds. The molecular weight excluding hydrogens is 262 g/mol. The van der Waals surface area contributed by atoms with Gasteiger partial charge in [-0.15, -0.1) is 0 Å². The average molecular weight is 279 g/mol. The molecule has 0 fully saturated rings. The van der Waals surface area contributed by atoms with Gasteiger partial charge in [-0.3, -0.25) is 0 Å². The van der Waals surface area contributed by atoms with E-state index in [0.29, 0.717) is 6.54 Å². The number of nitrogen functional groups attached to an aromatic ring is 1. The second-order valence-electron chi connectivity index (χ2n) is 5.06. The van der Waals surface area contributed by atoms with Crippen LogP contribution in [0.5, 0.6) is 5.75 Å². The smallest absolute Gasteiger partial charge is 0.115 e. The summed E-state index contributed by atoms with van der Waals surface area (Å²) < 4.78 is 2.09. The number of imidazole rings is 1. The minimum Gasteiger partial charge on any atom is -0.508 e. The van der Waals surface area contributed by atoms with Crippen molar-refractivity contribution >= 4 is 5.69 Å². The summed E-state index contributed by atoms with van der Waals surface area (Å²) in [5.74, 6) is 1.27. The van der Waals surface area contributed by atoms with Gasteiger partial charge in [-0.25, -0.2) is 4.98 Å². The van der Waals surface area contributed by atoms with E-state index < -0.39 is 0 Å². The lowest BCUT2D eigenvalue weighted by Gasteiger charge is -2.09. The topological polar surface area (TPSA) is 64.1 Å². The van der Waals surface area contributed by atoms with Crippen molar-refractivity contribution in [3.8, 4) is 5.75 Å². The maximum absolute atomic E-state index is 9.54. The molecule has 3 rings (SSSR count). The van der Waals surface area contributed by atoms with Crippen molar-refractivity contribution in [3.05, 3.63) is 77.9 Å². The normalized spacial score (nSPS) is 10.7. The number of phenols is 1. The van der Waals surface area contributed by atoms with Gasteiger partial charge in [0.2, 0.25) is 0 Å². The summed E-state index contributed by atoms with van der Waals surface area (Å²) in [5.41, 5.74) is 8.69. The molecule has 0 spiro atoms. The minimum atomic E-state index is 0.285. The third-order valence-corrected chi connectivity index (χ3v) is 3.41. The largest absolute Gasteiger partial charge is 0.508 e. The Hall–Kier alpha value is -2.75. The van der Waals surface area contributed by atoms with Gasteiger partial charge >= 0.3 is 0 Å². The van der Waals surface area contributed by atoms with Gasteiger partial charge in [-0.2, -0.15) is 0 Å². The molecule has 4 heteroatoms. The first kappa shape index (κ1) is 13.2. The zero-order valence-electron chi connectivity index (χ0n) is 11.6. The number of aromatic nitrogens is 2. The molecule has 0 bridgehead atoms. The summed E-state index contributed by atoms with van der Waals surface area (Å²) >= 11 is 0. The molecule has 0 saturated carbocycles. The number of anilines is 1. The number of rotatable bonds is 4. The maximum Gasteiger partial charge on any atom is 0.115 e. The zero-order valence-corrected chi connectivity index (χ0v) is 11.6. The summed E-state index contributed by atoms with van der Waals surface area (Å²) in [6.07, 6.45) is 4.51. The molecule has 0 atom stereocenters. The third kappa shape index (κ3) is 3.23. The molecule has 2 aromatic carbocycles. The Labute approximate surface area is 123 Å². The molecule has 0 aliphatic carbocycles. The quantitative estimate of drug-likeness (QED) is 0.722. The van der Waals surface area contributed by atoms with E-state index in [-0.39, 0.29) is 5.75 Å². The van der Waals surface area contributed by atoms with Crippen LogP contribution in [0, 0.1) is 0 Å². The Morgan fingerprint density at radius 3 is 2.62 bits per heavy atom. The van der Waals surface area contributed by atoms with E-state index in [1.807, 2.05) is 42.6 Å². The molecule has 0 aliphatic rings. The minimum absolute atomic E-state index is 0.285. The van der Waals surface area contributed by atoms with E-state index in [1.165, 1.54) is 5.56 Å². The Kier molecular flexibility index (Phi) is 3.60. The predicted molar refractivity (Wildman–Crippen MR) is 83.1 cm³/mol. The van der Waals surface area contributed by atoms with Crippen LogP contribution < -0.4 is 5.73 Å². The zero-order chi connectivity index (χ0) is 14.7. The highest BCUT2D eigenvalue weighted by molar-refractivity contribution is 5.40. The lowest BCUT2D eigenvalue weighted by Crippen LogP contribution is -2.05. The van der Waals surface area contributed by atoms with Gasteiger partial charge in [0.15, 0.2) is 0 Å². The molecule has 0 aliphatic heterocycles. The Balaban J connectivity index is 1.79. The Morgan fingerprint density at radius 1 is 1.05 bits per heavy atom. The first-order chi connectivity index (χ1) is 10.2. The van der Waals surface area contributed by atoms with Crippen LogP contribution in [0.3, 0.4) is 0 Å². The number of hydrogen-bond acceptors (Lipinski definition) is 3. The fourth-order valence-electron chi connectivity index (χ4n) is 2.32. The van der Waals surface area contributed by atoms with Crippen molar-refractivity contribution in [3.63, 3.8) is 0 Å². The first-order valence-electron chi connectivity index (χ1n) is 6.83. The second-order valence-corrected chi connectivity index (χ2v) is 5.06. The molecule has 21 heavy (non-hydrogen) atoms. The fourth-order valence-corrected chi connectivity index (χ4v) is 2.32. The molecule has 1 heterocycles. The summed E-state index contributed by atoms with van der Waals surface area (Å²) in [6, 6.07) is 15.1. The fraction of sp³-hybridized carbons (Fsp3) is 0.118. The van der Waals surface area contributed by atoms with Crippen molar-refractivity contribution in [2.45, 2.75) is 13.0 Å². The molecule has 106 valence electrons. The highest BCUT2D eigenvalue weighted by atomic mass is 16.3. The van der Waals surface area contributed by atoms with Crippen LogP contribution in [-0.4, -0.2) is 14.7 Å². The summed E-state index contributed by atoms with van der Waals surface area (Å²) in [6.45, 7) is 0.693. The van der Waals surface area contributed by atoms with Crippen LogP contribution in [0.25, 0.3) is 0 Å². The monoisotopic (exact) mass is 279 g/mol. The van der Waals surface area contributed by atoms with Crippen molar-refractivity contribution < 1.29 is 5.11 Å². The molecular formula is C17H17N3O. The SMILES string of the molecule is Nc1ccc(Cc2nccn2Cc2cccc(O)c2)cc1. The molecule has 1 aromatic heterocycles. The summed E-state index contributed by atoms with van der Waals surface area (Å²) in [4.78, 5) is 4.42. The van der Waals surface area contributed by atoms with E-state index >= 15 is 0 Å². The molecule has 3 N–H and O–H groups in total. The summed E-state index contributed by atoms with van der Waals surface area (Å²) in [5, 5.41) is 9.54.